The van der Waals surface area contributed by atoms with Gasteiger partial charge < -0.3 is 5.32 Å². The third kappa shape index (κ3) is 1.87. The molecule has 0 fully saturated rings. The van der Waals surface area contributed by atoms with Gasteiger partial charge in [0.05, 0.1) is 3.79 Å². The van der Waals surface area contributed by atoms with E-state index in [1.165, 1.54) is 18.7 Å². The number of hydrogen-bond acceptors (Lipinski definition) is 2. The van der Waals surface area contributed by atoms with Crippen molar-refractivity contribution >= 4 is 43.2 Å². The second kappa shape index (κ2) is 4.01. The van der Waals surface area contributed by atoms with Gasteiger partial charge in [-0.3, -0.25) is 0 Å². The summed E-state index contributed by atoms with van der Waals surface area (Å²) < 4.78 is 2.51. The molecule has 0 radical (unpaired) electrons. The first kappa shape index (κ1) is 10.1. The molecule has 2 heterocycles. The summed E-state index contributed by atoms with van der Waals surface area (Å²) in [5.74, 6) is 0.620. The fourth-order valence-corrected chi connectivity index (χ4v) is 4.57. The average Bonchev–Trinajstić information content (AvgIpc) is 2.29. The van der Waals surface area contributed by atoms with E-state index in [1.807, 2.05) is 11.3 Å². The molecule has 1 aliphatic rings. The van der Waals surface area contributed by atoms with Crippen molar-refractivity contribution in [1.82, 2.24) is 5.32 Å². The van der Waals surface area contributed by atoms with Crippen molar-refractivity contribution in [2.75, 3.05) is 13.1 Å². The van der Waals surface area contributed by atoms with Crippen LogP contribution >= 0.6 is 43.2 Å². The largest absolute Gasteiger partial charge is 0.316 e. The lowest BCUT2D eigenvalue weighted by Gasteiger charge is -2.08. The van der Waals surface area contributed by atoms with Crippen LogP contribution in [0.25, 0.3) is 0 Å². The molecular weight excluding hydrogens is 314 g/mol. The van der Waals surface area contributed by atoms with Crippen molar-refractivity contribution in [2.45, 2.75) is 19.3 Å². The molecule has 0 spiro atoms. The second-order valence-corrected chi connectivity index (χ2v) is 6.60. The van der Waals surface area contributed by atoms with E-state index in [4.69, 9.17) is 0 Å². The molecular formula is C9H11Br2NS. The number of thiophene rings is 1. The summed E-state index contributed by atoms with van der Waals surface area (Å²) in [6, 6.07) is 0. The Labute approximate surface area is 99.2 Å². The molecule has 1 unspecified atom stereocenters. The van der Waals surface area contributed by atoms with Crippen LogP contribution in [0.4, 0.5) is 0 Å². The first-order chi connectivity index (χ1) is 6.20. The van der Waals surface area contributed by atoms with Crippen LogP contribution in [0.3, 0.4) is 0 Å². The van der Waals surface area contributed by atoms with Gasteiger partial charge in [-0.15, -0.1) is 11.3 Å². The van der Waals surface area contributed by atoms with Gasteiger partial charge in [0.2, 0.25) is 0 Å². The number of rotatable bonds is 0. The smallest absolute Gasteiger partial charge is 0.0846 e. The minimum atomic E-state index is 0.620. The minimum absolute atomic E-state index is 0.620. The predicted octanol–water partition coefficient (Wildman–Crippen LogP) is 3.52. The maximum absolute atomic E-state index is 3.65. The van der Waals surface area contributed by atoms with Crippen LogP contribution in [0.15, 0.2) is 8.26 Å². The average molecular weight is 325 g/mol. The SMILES string of the molecule is CC1CNCCc2sc(Br)c(Br)c21. The summed E-state index contributed by atoms with van der Waals surface area (Å²) in [7, 11) is 0. The highest BCUT2D eigenvalue weighted by molar-refractivity contribution is 9.13. The third-order valence-corrected chi connectivity index (χ3v) is 5.95. The summed E-state index contributed by atoms with van der Waals surface area (Å²) in [5, 5.41) is 3.45. The van der Waals surface area contributed by atoms with Gasteiger partial charge in [0.1, 0.15) is 0 Å². The minimum Gasteiger partial charge on any atom is -0.316 e. The molecule has 0 aromatic carbocycles. The molecule has 0 saturated heterocycles. The highest BCUT2D eigenvalue weighted by atomic mass is 79.9. The van der Waals surface area contributed by atoms with Gasteiger partial charge in [0, 0.05) is 15.9 Å². The normalized spacial score (nSPS) is 22.5. The van der Waals surface area contributed by atoms with Gasteiger partial charge >= 0.3 is 0 Å². The van der Waals surface area contributed by atoms with E-state index >= 15 is 0 Å². The van der Waals surface area contributed by atoms with Crippen molar-refractivity contribution in [3.8, 4) is 0 Å². The molecule has 1 aromatic rings. The lowest BCUT2D eigenvalue weighted by molar-refractivity contribution is 0.643. The van der Waals surface area contributed by atoms with E-state index in [9.17, 15) is 0 Å². The number of hydrogen-bond donors (Lipinski definition) is 1. The van der Waals surface area contributed by atoms with Crippen LogP contribution in [-0.2, 0) is 6.42 Å². The molecule has 0 saturated carbocycles. The van der Waals surface area contributed by atoms with E-state index < -0.39 is 0 Å². The van der Waals surface area contributed by atoms with Gasteiger partial charge in [-0.1, -0.05) is 6.92 Å². The topological polar surface area (TPSA) is 12.0 Å². The fraction of sp³-hybridized carbons (Fsp3) is 0.556. The Kier molecular flexibility index (Phi) is 3.13. The van der Waals surface area contributed by atoms with E-state index in [2.05, 4.69) is 44.1 Å². The molecule has 1 aliphatic heterocycles. The summed E-state index contributed by atoms with van der Waals surface area (Å²) in [6.45, 7) is 4.48. The van der Waals surface area contributed by atoms with Gasteiger partial charge in [-0.05, 0) is 56.3 Å². The van der Waals surface area contributed by atoms with Crippen molar-refractivity contribution in [1.29, 1.82) is 0 Å². The summed E-state index contributed by atoms with van der Waals surface area (Å²) in [4.78, 5) is 1.52. The van der Waals surface area contributed by atoms with Gasteiger partial charge in [-0.2, -0.15) is 0 Å². The van der Waals surface area contributed by atoms with Crippen molar-refractivity contribution < 1.29 is 0 Å². The summed E-state index contributed by atoms with van der Waals surface area (Å²) >= 11 is 9.09. The lowest BCUT2D eigenvalue weighted by atomic mass is 10.0. The molecule has 13 heavy (non-hydrogen) atoms. The Morgan fingerprint density at radius 1 is 1.46 bits per heavy atom. The van der Waals surface area contributed by atoms with Gasteiger partial charge in [-0.25, -0.2) is 0 Å². The van der Waals surface area contributed by atoms with Crippen molar-refractivity contribution in [2.24, 2.45) is 0 Å². The van der Waals surface area contributed by atoms with Crippen LogP contribution in [0.5, 0.6) is 0 Å². The van der Waals surface area contributed by atoms with Crippen LogP contribution in [0.1, 0.15) is 23.3 Å². The summed E-state index contributed by atoms with van der Waals surface area (Å²) in [5.41, 5.74) is 1.50. The molecule has 1 N–H and O–H groups in total. The number of halogens is 2. The first-order valence-electron chi connectivity index (χ1n) is 4.37. The molecule has 72 valence electrons. The first-order valence-corrected chi connectivity index (χ1v) is 6.77. The molecule has 1 aromatic heterocycles. The van der Waals surface area contributed by atoms with E-state index in [-0.39, 0.29) is 0 Å². The van der Waals surface area contributed by atoms with Crippen LogP contribution < -0.4 is 5.32 Å². The van der Waals surface area contributed by atoms with E-state index in [1.54, 1.807) is 0 Å². The maximum Gasteiger partial charge on any atom is 0.0846 e. The monoisotopic (exact) mass is 323 g/mol. The fourth-order valence-electron chi connectivity index (χ4n) is 1.74. The third-order valence-electron chi connectivity index (χ3n) is 2.39. The molecule has 2 rings (SSSR count). The number of nitrogens with one attached hydrogen (secondary N) is 1. The van der Waals surface area contributed by atoms with Gasteiger partial charge in [0.15, 0.2) is 0 Å². The standard InChI is InChI=1S/C9H11Br2NS/c1-5-4-12-3-2-6-7(5)8(10)9(11)13-6/h5,12H,2-4H2,1H3. The van der Waals surface area contributed by atoms with Crippen LogP contribution in [0.2, 0.25) is 0 Å². The number of fused-ring (bicyclic) bond motifs is 1. The van der Waals surface area contributed by atoms with Gasteiger partial charge in [0.25, 0.3) is 0 Å². The second-order valence-electron chi connectivity index (χ2n) is 3.38. The van der Waals surface area contributed by atoms with Crippen LogP contribution in [0, 0.1) is 0 Å². The highest BCUT2D eigenvalue weighted by Crippen LogP contribution is 2.41. The Morgan fingerprint density at radius 3 is 3.00 bits per heavy atom. The van der Waals surface area contributed by atoms with E-state index in [0.29, 0.717) is 5.92 Å². The highest BCUT2D eigenvalue weighted by Gasteiger charge is 2.21. The molecule has 0 aliphatic carbocycles. The Hall–Kier alpha value is 0.620. The van der Waals surface area contributed by atoms with Crippen LogP contribution in [-0.4, -0.2) is 13.1 Å². The zero-order valence-electron chi connectivity index (χ0n) is 7.36. The molecule has 1 atom stereocenters. The predicted molar refractivity (Wildman–Crippen MR) is 64.7 cm³/mol. The Balaban J connectivity index is 2.48. The molecule has 0 bridgehead atoms. The maximum atomic E-state index is 3.65. The molecule has 0 amide bonds. The van der Waals surface area contributed by atoms with E-state index in [0.717, 1.165) is 19.5 Å². The van der Waals surface area contributed by atoms with Crippen molar-refractivity contribution in [3.05, 3.63) is 18.7 Å². The molecule has 4 heteroatoms. The molecule has 1 nitrogen and oxygen atoms in total. The quantitative estimate of drug-likeness (QED) is 0.770. The Bertz CT molecular complexity index is 322. The van der Waals surface area contributed by atoms with Crippen molar-refractivity contribution in [3.63, 3.8) is 0 Å². The zero-order valence-corrected chi connectivity index (χ0v) is 11.4. The Morgan fingerprint density at radius 2 is 2.23 bits per heavy atom. The summed E-state index contributed by atoms with van der Waals surface area (Å²) in [6.07, 6.45) is 1.16. The zero-order chi connectivity index (χ0) is 9.42. The lowest BCUT2D eigenvalue weighted by Crippen LogP contribution is -2.18.